The summed E-state index contributed by atoms with van der Waals surface area (Å²) in [6.45, 7) is 1.32. The van der Waals surface area contributed by atoms with E-state index in [0.717, 1.165) is 12.8 Å². The first-order chi connectivity index (χ1) is 13.9. The van der Waals surface area contributed by atoms with Gasteiger partial charge < -0.3 is 15.0 Å². The van der Waals surface area contributed by atoms with Crippen LogP contribution in [0.15, 0.2) is 47.4 Å². The van der Waals surface area contributed by atoms with Crippen LogP contribution in [-0.4, -0.2) is 52.4 Å². The Hall–Kier alpha value is -3.07. The molecular weight excluding hydrogens is 394 g/mol. The lowest BCUT2D eigenvalue weighted by Crippen LogP contribution is -2.29. The molecule has 8 nitrogen and oxygen atoms in total. The standard InChI is InChI=1S/C20H23N3O5S/c1-21-19(24)16-13-14(9-10-18(16)28-2)29(26,27)22-17-8-4-3-7-15(17)20(25)23-11-5-6-12-23/h3-4,7-10,13,22H,5-6,11-12H2,1-2H3,(H,21,24). The van der Waals surface area contributed by atoms with E-state index in [1.165, 1.54) is 32.4 Å². The fourth-order valence-electron chi connectivity index (χ4n) is 3.22. The van der Waals surface area contributed by atoms with E-state index in [1.54, 1.807) is 29.2 Å². The Morgan fingerprint density at radius 2 is 1.72 bits per heavy atom. The summed E-state index contributed by atoms with van der Waals surface area (Å²) < 4.78 is 33.5. The van der Waals surface area contributed by atoms with Gasteiger partial charge in [-0.25, -0.2) is 8.42 Å². The Morgan fingerprint density at radius 1 is 1.03 bits per heavy atom. The molecule has 1 saturated heterocycles. The summed E-state index contributed by atoms with van der Waals surface area (Å²) in [7, 11) is -1.20. The van der Waals surface area contributed by atoms with Crippen molar-refractivity contribution < 1.29 is 22.7 Å². The molecule has 9 heteroatoms. The van der Waals surface area contributed by atoms with E-state index in [-0.39, 0.29) is 33.4 Å². The summed E-state index contributed by atoms with van der Waals surface area (Å²) >= 11 is 0. The predicted octanol–water partition coefficient (Wildman–Crippen LogP) is 2.09. The maximum absolute atomic E-state index is 13.0. The van der Waals surface area contributed by atoms with E-state index in [1.807, 2.05) is 0 Å². The number of carbonyl (C=O) groups excluding carboxylic acids is 2. The van der Waals surface area contributed by atoms with Crippen molar-refractivity contribution in [2.75, 3.05) is 32.0 Å². The van der Waals surface area contributed by atoms with Gasteiger partial charge in [0, 0.05) is 20.1 Å². The highest BCUT2D eigenvalue weighted by Gasteiger charge is 2.25. The number of benzene rings is 2. The summed E-state index contributed by atoms with van der Waals surface area (Å²) in [4.78, 5) is 26.4. The number of nitrogens with one attached hydrogen (secondary N) is 2. The van der Waals surface area contributed by atoms with E-state index in [0.29, 0.717) is 13.1 Å². The molecule has 0 spiro atoms. The third-order valence-corrected chi connectivity index (χ3v) is 6.11. The molecule has 2 amide bonds. The van der Waals surface area contributed by atoms with Crippen molar-refractivity contribution in [2.45, 2.75) is 17.7 Å². The number of methoxy groups -OCH3 is 1. The van der Waals surface area contributed by atoms with E-state index in [4.69, 9.17) is 4.74 Å². The highest BCUT2D eigenvalue weighted by atomic mass is 32.2. The van der Waals surface area contributed by atoms with E-state index < -0.39 is 15.9 Å². The first-order valence-corrected chi connectivity index (χ1v) is 10.7. The second-order valence-corrected chi connectivity index (χ2v) is 8.27. The van der Waals surface area contributed by atoms with Crippen molar-refractivity contribution in [1.82, 2.24) is 10.2 Å². The van der Waals surface area contributed by atoms with Crippen LogP contribution in [0.1, 0.15) is 33.6 Å². The minimum atomic E-state index is -4.04. The average molecular weight is 417 g/mol. The van der Waals surface area contributed by atoms with Crippen molar-refractivity contribution in [1.29, 1.82) is 0 Å². The number of sulfonamides is 1. The van der Waals surface area contributed by atoms with Gasteiger partial charge in [-0.2, -0.15) is 0 Å². The molecule has 0 aromatic heterocycles. The highest BCUT2D eigenvalue weighted by Crippen LogP contribution is 2.26. The maximum Gasteiger partial charge on any atom is 0.261 e. The molecule has 0 unspecified atom stereocenters. The molecule has 0 atom stereocenters. The number of para-hydroxylation sites is 1. The van der Waals surface area contributed by atoms with E-state index in [9.17, 15) is 18.0 Å². The molecule has 2 aromatic carbocycles. The molecule has 2 aromatic rings. The normalized spacial score (nSPS) is 13.8. The molecule has 29 heavy (non-hydrogen) atoms. The summed E-state index contributed by atoms with van der Waals surface area (Å²) in [6.07, 6.45) is 1.88. The summed E-state index contributed by atoms with van der Waals surface area (Å²) in [6, 6.07) is 10.5. The van der Waals surface area contributed by atoms with Gasteiger partial charge in [-0.1, -0.05) is 12.1 Å². The van der Waals surface area contributed by atoms with Gasteiger partial charge in [-0.15, -0.1) is 0 Å². The Labute approximate surface area is 169 Å². The quantitative estimate of drug-likeness (QED) is 0.749. The van der Waals surface area contributed by atoms with Gasteiger partial charge in [0.25, 0.3) is 21.8 Å². The van der Waals surface area contributed by atoms with Crippen molar-refractivity contribution in [3.05, 3.63) is 53.6 Å². The van der Waals surface area contributed by atoms with Crippen LogP contribution in [0.25, 0.3) is 0 Å². The van der Waals surface area contributed by atoms with Gasteiger partial charge in [-0.05, 0) is 43.2 Å². The number of likely N-dealkylation sites (tertiary alicyclic amines) is 1. The topological polar surface area (TPSA) is 105 Å². The molecule has 2 N–H and O–H groups in total. The Balaban J connectivity index is 1.94. The molecule has 0 aliphatic carbocycles. The zero-order chi connectivity index (χ0) is 21.0. The van der Waals surface area contributed by atoms with Gasteiger partial charge in [0.15, 0.2) is 0 Å². The van der Waals surface area contributed by atoms with Gasteiger partial charge in [0.05, 0.1) is 28.8 Å². The largest absolute Gasteiger partial charge is 0.496 e. The molecular formula is C20H23N3O5S. The number of rotatable bonds is 6. The summed E-state index contributed by atoms with van der Waals surface area (Å²) in [5.41, 5.74) is 0.582. The molecule has 0 saturated carbocycles. The molecule has 1 fully saturated rings. The molecule has 0 radical (unpaired) electrons. The SMILES string of the molecule is CNC(=O)c1cc(S(=O)(=O)Nc2ccccc2C(=O)N2CCCC2)ccc1OC. The second-order valence-electron chi connectivity index (χ2n) is 6.59. The number of hydrogen-bond acceptors (Lipinski definition) is 5. The van der Waals surface area contributed by atoms with Crippen LogP contribution in [0, 0.1) is 0 Å². The van der Waals surface area contributed by atoms with Crippen molar-refractivity contribution in [3.63, 3.8) is 0 Å². The van der Waals surface area contributed by atoms with Gasteiger partial charge >= 0.3 is 0 Å². The second kappa shape index (κ2) is 8.52. The minimum Gasteiger partial charge on any atom is -0.496 e. The molecule has 0 bridgehead atoms. The number of hydrogen-bond donors (Lipinski definition) is 2. The predicted molar refractivity (Wildman–Crippen MR) is 109 cm³/mol. The highest BCUT2D eigenvalue weighted by molar-refractivity contribution is 7.92. The van der Waals surface area contributed by atoms with Crippen LogP contribution in [0.4, 0.5) is 5.69 Å². The zero-order valence-electron chi connectivity index (χ0n) is 16.3. The minimum absolute atomic E-state index is 0.0966. The van der Waals surface area contributed by atoms with E-state index >= 15 is 0 Å². The van der Waals surface area contributed by atoms with Gasteiger partial charge in [-0.3, -0.25) is 14.3 Å². The first kappa shape index (κ1) is 20.7. The molecule has 1 aliphatic rings. The van der Waals surface area contributed by atoms with Crippen molar-refractivity contribution in [3.8, 4) is 5.75 Å². The lowest BCUT2D eigenvalue weighted by atomic mass is 10.1. The maximum atomic E-state index is 13.0. The Kier molecular flexibility index (Phi) is 6.07. The molecule has 1 heterocycles. The van der Waals surface area contributed by atoms with Crippen LogP contribution in [0.5, 0.6) is 5.75 Å². The van der Waals surface area contributed by atoms with Crippen LogP contribution >= 0.6 is 0 Å². The number of amides is 2. The molecule has 3 rings (SSSR count). The third kappa shape index (κ3) is 4.34. The van der Waals surface area contributed by atoms with E-state index in [2.05, 4.69) is 10.0 Å². The Bertz CT molecular complexity index is 1030. The lowest BCUT2D eigenvalue weighted by molar-refractivity contribution is 0.0793. The van der Waals surface area contributed by atoms with Crippen LogP contribution in [0.3, 0.4) is 0 Å². The number of carbonyl (C=O) groups is 2. The fraction of sp³-hybridized carbons (Fsp3) is 0.300. The van der Waals surface area contributed by atoms with Crippen LogP contribution < -0.4 is 14.8 Å². The van der Waals surface area contributed by atoms with Crippen molar-refractivity contribution >= 4 is 27.5 Å². The Morgan fingerprint density at radius 3 is 2.38 bits per heavy atom. The van der Waals surface area contributed by atoms with Gasteiger partial charge in [0.1, 0.15) is 5.75 Å². The molecule has 1 aliphatic heterocycles. The lowest BCUT2D eigenvalue weighted by Gasteiger charge is -2.18. The number of anilines is 1. The van der Waals surface area contributed by atoms with Gasteiger partial charge in [0.2, 0.25) is 0 Å². The fourth-order valence-corrected chi connectivity index (χ4v) is 4.32. The zero-order valence-corrected chi connectivity index (χ0v) is 17.1. The average Bonchev–Trinajstić information content (AvgIpc) is 3.27. The smallest absolute Gasteiger partial charge is 0.261 e. The monoisotopic (exact) mass is 417 g/mol. The van der Waals surface area contributed by atoms with Crippen LogP contribution in [0.2, 0.25) is 0 Å². The first-order valence-electron chi connectivity index (χ1n) is 9.18. The van der Waals surface area contributed by atoms with Crippen molar-refractivity contribution in [2.24, 2.45) is 0 Å². The number of nitrogens with zero attached hydrogens (tertiary/aromatic N) is 1. The summed E-state index contributed by atoms with van der Waals surface area (Å²) in [5.74, 6) is -0.419. The van der Waals surface area contributed by atoms with Crippen LogP contribution in [-0.2, 0) is 10.0 Å². The molecule has 154 valence electrons. The number of ether oxygens (including phenoxy) is 1. The third-order valence-electron chi connectivity index (χ3n) is 4.75. The summed E-state index contributed by atoms with van der Waals surface area (Å²) in [5, 5.41) is 2.46.